The fourth-order valence-corrected chi connectivity index (χ4v) is 1.85. The van der Waals surface area contributed by atoms with Gasteiger partial charge >= 0.3 is 5.97 Å². The standard InChI is InChI=1S/C9H13N3O2/c1-12-5-4-10-8(12)6-2-3-7(11-6)9(13)14/h4-7,11H,2-3H2,1H3,(H,13,14). The summed E-state index contributed by atoms with van der Waals surface area (Å²) in [4.78, 5) is 14.9. The number of nitrogens with one attached hydrogen (secondary N) is 1. The molecule has 2 N–H and O–H groups in total. The molecule has 0 radical (unpaired) electrons. The molecule has 2 rings (SSSR count). The van der Waals surface area contributed by atoms with Gasteiger partial charge in [0.1, 0.15) is 11.9 Å². The predicted molar refractivity (Wildman–Crippen MR) is 49.7 cm³/mol. The van der Waals surface area contributed by atoms with E-state index >= 15 is 0 Å². The molecule has 0 spiro atoms. The van der Waals surface area contributed by atoms with E-state index in [4.69, 9.17) is 5.11 Å². The lowest BCUT2D eigenvalue weighted by Gasteiger charge is -2.11. The maximum atomic E-state index is 10.7. The van der Waals surface area contributed by atoms with Gasteiger partial charge in [-0.1, -0.05) is 0 Å². The summed E-state index contributed by atoms with van der Waals surface area (Å²) >= 11 is 0. The van der Waals surface area contributed by atoms with Crippen LogP contribution < -0.4 is 5.32 Å². The molecule has 1 aliphatic heterocycles. The Balaban J connectivity index is 2.10. The molecule has 0 aromatic carbocycles. The summed E-state index contributed by atoms with van der Waals surface area (Å²) in [6.07, 6.45) is 5.10. The van der Waals surface area contributed by atoms with E-state index in [2.05, 4.69) is 10.3 Å². The molecule has 5 nitrogen and oxygen atoms in total. The Kier molecular flexibility index (Phi) is 2.25. The molecule has 1 aliphatic rings. The number of nitrogens with zero attached hydrogens (tertiary/aromatic N) is 2. The van der Waals surface area contributed by atoms with Crippen LogP contribution in [0, 0.1) is 0 Å². The van der Waals surface area contributed by atoms with Crippen LogP contribution in [0.2, 0.25) is 0 Å². The Morgan fingerprint density at radius 2 is 2.50 bits per heavy atom. The average Bonchev–Trinajstić information content (AvgIpc) is 2.71. The molecule has 2 heterocycles. The van der Waals surface area contributed by atoms with Gasteiger partial charge in [-0.2, -0.15) is 0 Å². The van der Waals surface area contributed by atoms with E-state index in [1.165, 1.54) is 0 Å². The third kappa shape index (κ3) is 1.50. The molecule has 76 valence electrons. The number of imidazole rings is 1. The molecule has 1 fully saturated rings. The van der Waals surface area contributed by atoms with Crippen LogP contribution in [0.5, 0.6) is 0 Å². The zero-order valence-corrected chi connectivity index (χ0v) is 7.97. The van der Waals surface area contributed by atoms with Crippen molar-refractivity contribution >= 4 is 5.97 Å². The number of hydrogen-bond acceptors (Lipinski definition) is 3. The maximum Gasteiger partial charge on any atom is 0.320 e. The zero-order chi connectivity index (χ0) is 10.1. The fraction of sp³-hybridized carbons (Fsp3) is 0.556. The smallest absolute Gasteiger partial charge is 0.320 e. The third-order valence-electron chi connectivity index (χ3n) is 2.61. The minimum absolute atomic E-state index is 0.0797. The number of carboxylic acid groups (broad SMARTS) is 1. The van der Waals surface area contributed by atoms with Crippen molar-refractivity contribution in [1.82, 2.24) is 14.9 Å². The van der Waals surface area contributed by atoms with Crippen molar-refractivity contribution in [3.05, 3.63) is 18.2 Å². The summed E-state index contributed by atoms with van der Waals surface area (Å²) < 4.78 is 1.92. The van der Waals surface area contributed by atoms with E-state index in [1.807, 2.05) is 17.8 Å². The van der Waals surface area contributed by atoms with Crippen molar-refractivity contribution in [2.24, 2.45) is 7.05 Å². The summed E-state index contributed by atoms with van der Waals surface area (Å²) in [6, 6.07) is -0.340. The lowest BCUT2D eigenvalue weighted by atomic mass is 10.2. The molecular weight excluding hydrogens is 182 g/mol. The second kappa shape index (κ2) is 3.42. The Labute approximate surface area is 81.8 Å². The van der Waals surface area contributed by atoms with Crippen molar-refractivity contribution in [2.75, 3.05) is 0 Å². The molecule has 0 bridgehead atoms. The van der Waals surface area contributed by atoms with Gasteiger partial charge in [0.25, 0.3) is 0 Å². The van der Waals surface area contributed by atoms with Crippen molar-refractivity contribution in [3.63, 3.8) is 0 Å². The van der Waals surface area contributed by atoms with Crippen LogP contribution in [0.4, 0.5) is 0 Å². The monoisotopic (exact) mass is 195 g/mol. The Morgan fingerprint density at radius 1 is 1.71 bits per heavy atom. The zero-order valence-electron chi connectivity index (χ0n) is 7.97. The number of aromatic nitrogens is 2. The van der Waals surface area contributed by atoms with E-state index in [0.29, 0.717) is 6.42 Å². The van der Waals surface area contributed by atoms with E-state index in [9.17, 15) is 4.79 Å². The highest BCUT2D eigenvalue weighted by atomic mass is 16.4. The van der Waals surface area contributed by atoms with Crippen molar-refractivity contribution in [1.29, 1.82) is 0 Å². The summed E-state index contributed by atoms with van der Waals surface area (Å²) in [5.41, 5.74) is 0. The number of aliphatic carboxylic acids is 1. The molecule has 1 saturated heterocycles. The van der Waals surface area contributed by atoms with E-state index in [-0.39, 0.29) is 6.04 Å². The molecule has 2 unspecified atom stereocenters. The molecule has 0 aliphatic carbocycles. The number of rotatable bonds is 2. The predicted octanol–water partition coefficient (Wildman–Crippen LogP) is 0.298. The van der Waals surface area contributed by atoms with Gasteiger partial charge in [0.05, 0.1) is 6.04 Å². The number of aryl methyl sites for hydroxylation is 1. The molecule has 2 atom stereocenters. The minimum Gasteiger partial charge on any atom is -0.480 e. The Morgan fingerprint density at radius 3 is 3.00 bits per heavy atom. The van der Waals surface area contributed by atoms with E-state index < -0.39 is 12.0 Å². The van der Waals surface area contributed by atoms with Gasteiger partial charge in [-0.15, -0.1) is 0 Å². The van der Waals surface area contributed by atoms with Crippen molar-refractivity contribution in [2.45, 2.75) is 24.9 Å². The van der Waals surface area contributed by atoms with Crippen LogP contribution in [-0.2, 0) is 11.8 Å². The molecule has 0 amide bonds. The van der Waals surface area contributed by atoms with Crippen LogP contribution in [0.1, 0.15) is 24.7 Å². The second-order valence-corrected chi connectivity index (χ2v) is 3.58. The molecule has 0 saturated carbocycles. The van der Waals surface area contributed by atoms with Gasteiger partial charge in [0.2, 0.25) is 0 Å². The van der Waals surface area contributed by atoms with Gasteiger partial charge in [0.15, 0.2) is 0 Å². The Hall–Kier alpha value is -1.36. The van der Waals surface area contributed by atoms with Gasteiger partial charge in [-0.3, -0.25) is 10.1 Å². The highest BCUT2D eigenvalue weighted by Gasteiger charge is 2.31. The van der Waals surface area contributed by atoms with Crippen LogP contribution in [0.15, 0.2) is 12.4 Å². The number of carbonyl (C=O) groups is 1. The van der Waals surface area contributed by atoms with Gasteiger partial charge < -0.3 is 9.67 Å². The maximum absolute atomic E-state index is 10.7. The first-order valence-electron chi connectivity index (χ1n) is 4.64. The highest BCUT2D eigenvalue weighted by molar-refractivity contribution is 5.73. The highest BCUT2D eigenvalue weighted by Crippen LogP contribution is 2.24. The molecule has 1 aromatic heterocycles. The fourth-order valence-electron chi connectivity index (χ4n) is 1.85. The van der Waals surface area contributed by atoms with Crippen LogP contribution in [-0.4, -0.2) is 26.7 Å². The molecule has 5 heteroatoms. The third-order valence-corrected chi connectivity index (χ3v) is 2.61. The summed E-state index contributed by atoms with van der Waals surface area (Å²) in [5.74, 6) is 0.135. The van der Waals surface area contributed by atoms with Crippen molar-refractivity contribution in [3.8, 4) is 0 Å². The van der Waals surface area contributed by atoms with E-state index in [0.717, 1.165) is 12.2 Å². The first kappa shape index (κ1) is 9.21. The molecule has 14 heavy (non-hydrogen) atoms. The quantitative estimate of drug-likeness (QED) is 0.712. The van der Waals surface area contributed by atoms with Crippen LogP contribution in [0.25, 0.3) is 0 Å². The van der Waals surface area contributed by atoms with Crippen LogP contribution >= 0.6 is 0 Å². The molecular formula is C9H13N3O2. The van der Waals surface area contributed by atoms with Gasteiger partial charge in [-0.25, -0.2) is 4.98 Å². The lowest BCUT2D eigenvalue weighted by molar-refractivity contribution is -0.139. The summed E-state index contributed by atoms with van der Waals surface area (Å²) in [6.45, 7) is 0. The topological polar surface area (TPSA) is 67.2 Å². The summed E-state index contributed by atoms with van der Waals surface area (Å²) in [5, 5.41) is 11.9. The average molecular weight is 195 g/mol. The number of hydrogen-bond donors (Lipinski definition) is 2. The van der Waals surface area contributed by atoms with E-state index in [1.54, 1.807) is 6.20 Å². The van der Waals surface area contributed by atoms with Gasteiger partial charge in [-0.05, 0) is 12.8 Å². The normalized spacial score (nSPS) is 26.6. The second-order valence-electron chi connectivity index (χ2n) is 3.58. The van der Waals surface area contributed by atoms with Gasteiger partial charge in [0, 0.05) is 19.4 Å². The first-order valence-corrected chi connectivity index (χ1v) is 4.64. The SMILES string of the molecule is Cn1ccnc1C1CCC(C(=O)O)N1. The lowest BCUT2D eigenvalue weighted by Crippen LogP contribution is -2.32. The van der Waals surface area contributed by atoms with Crippen LogP contribution in [0.3, 0.4) is 0 Å². The largest absolute Gasteiger partial charge is 0.480 e. The Bertz CT molecular complexity index is 348. The first-order chi connectivity index (χ1) is 6.68. The number of carboxylic acids is 1. The molecule has 1 aromatic rings. The summed E-state index contributed by atoms with van der Waals surface area (Å²) in [7, 11) is 1.91. The minimum atomic E-state index is -0.776. The van der Waals surface area contributed by atoms with Crippen molar-refractivity contribution < 1.29 is 9.90 Å².